The van der Waals surface area contributed by atoms with Gasteiger partial charge in [0.25, 0.3) is 0 Å². The third kappa shape index (κ3) is 69.3. The third-order valence-corrected chi connectivity index (χ3v) is 18.0. The summed E-state index contributed by atoms with van der Waals surface area (Å²) in [5.41, 5.74) is 0. The molecule has 0 spiro atoms. The second-order valence-corrected chi connectivity index (χ2v) is 26.3. The van der Waals surface area contributed by atoms with Crippen LogP contribution >= 0.6 is 0 Å². The van der Waals surface area contributed by atoms with E-state index in [1.807, 2.05) is 6.08 Å². The zero-order valence-corrected chi connectivity index (χ0v) is 56.5. The van der Waals surface area contributed by atoms with Gasteiger partial charge in [0.1, 0.15) is 0 Å². The molecule has 0 aliphatic heterocycles. The van der Waals surface area contributed by atoms with Crippen LogP contribution in [0.5, 0.6) is 0 Å². The molecule has 0 rings (SSSR count). The van der Waals surface area contributed by atoms with Gasteiger partial charge in [0.2, 0.25) is 5.91 Å². The van der Waals surface area contributed by atoms with Crippen LogP contribution in [0, 0.1) is 0 Å². The zero-order chi connectivity index (χ0) is 59.9. The molecule has 0 fully saturated rings. The summed E-state index contributed by atoms with van der Waals surface area (Å²) in [5.74, 6) is -0.0430. The monoisotopic (exact) mass is 1170 g/mol. The minimum Gasteiger partial charge on any atom is -0.466 e. The van der Waals surface area contributed by atoms with Gasteiger partial charge in [-0.25, -0.2) is 0 Å². The Kier molecular flexibility index (Phi) is 71.4. The lowest BCUT2D eigenvalue weighted by Crippen LogP contribution is -2.45. The Morgan fingerprint density at radius 3 is 0.855 bits per heavy atom. The van der Waals surface area contributed by atoms with E-state index in [1.54, 1.807) is 6.08 Å². The lowest BCUT2D eigenvalue weighted by molar-refractivity contribution is -0.143. The molecule has 0 aromatic heterocycles. The number of aliphatic hydroxyl groups excluding tert-OH is 2. The molecule has 0 aromatic carbocycles. The molecule has 0 saturated heterocycles. The Labute approximate surface area is 520 Å². The standard InChI is InChI=1S/C77H149NO5/c1-3-5-7-9-11-13-15-17-19-21-22-31-34-38-41-45-49-53-57-61-65-69-75(80)74(73-79)78-76(81)70-66-62-58-54-50-46-42-39-35-32-29-27-25-23-24-26-28-30-33-36-40-44-48-52-56-60-64-68-72-83-77(82)71-67-63-59-55-51-47-43-37-20-18-16-14-12-10-8-6-4-2/h23-24,65,69,74-75,79-80H,3-22,25-64,66-68,70-73H2,1-2H3,(H,78,81)/b24-23-,69-65+. The van der Waals surface area contributed by atoms with E-state index in [2.05, 4.69) is 31.3 Å². The highest BCUT2D eigenvalue weighted by molar-refractivity contribution is 5.76. The molecule has 0 aromatic rings. The first-order valence-electron chi connectivity index (χ1n) is 38.1. The van der Waals surface area contributed by atoms with E-state index >= 15 is 0 Å². The summed E-state index contributed by atoms with van der Waals surface area (Å²) in [7, 11) is 0. The van der Waals surface area contributed by atoms with Gasteiger partial charge in [0.05, 0.1) is 25.4 Å². The van der Waals surface area contributed by atoms with Crippen LogP contribution < -0.4 is 5.32 Å². The Hall–Kier alpha value is -1.66. The fourth-order valence-electron chi connectivity index (χ4n) is 12.2. The van der Waals surface area contributed by atoms with Crippen LogP contribution in [0.15, 0.2) is 24.3 Å². The first-order valence-corrected chi connectivity index (χ1v) is 38.1. The van der Waals surface area contributed by atoms with Crippen molar-refractivity contribution >= 4 is 11.9 Å². The van der Waals surface area contributed by atoms with E-state index in [0.29, 0.717) is 19.4 Å². The number of esters is 1. The van der Waals surface area contributed by atoms with Gasteiger partial charge >= 0.3 is 5.97 Å². The predicted octanol–water partition coefficient (Wildman–Crippen LogP) is 24.9. The maximum atomic E-state index is 12.5. The topological polar surface area (TPSA) is 95.9 Å². The Morgan fingerprint density at radius 1 is 0.325 bits per heavy atom. The van der Waals surface area contributed by atoms with Crippen molar-refractivity contribution in [2.45, 2.75) is 443 Å². The van der Waals surface area contributed by atoms with Crippen LogP contribution in [0.2, 0.25) is 0 Å². The van der Waals surface area contributed by atoms with Crippen molar-refractivity contribution in [3.63, 3.8) is 0 Å². The van der Waals surface area contributed by atoms with Crippen molar-refractivity contribution in [2.24, 2.45) is 0 Å². The van der Waals surface area contributed by atoms with Gasteiger partial charge in [-0.05, 0) is 57.8 Å². The van der Waals surface area contributed by atoms with Crippen LogP contribution in [0.3, 0.4) is 0 Å². The number of allylic oxidation sites excluding steroid dienone is 3. The fourth-order valence-corrected chi connectivity index (χ4v) is 12.2. The summed E-state index contributed by atoms with van der Waals surface area (Å²) in [6.45, 7) is 4.96. The number of aliphatic hydroxyl groups is 2. The molecular formula is C77H149NO5. The Balaban J connectivity index is 3.38. The van der Waals surface area contributed by atoms with Crippen LogP contribution in [0.4, 0.5) is 0 Å². The molecule has 0 saturated carbocycles. The van der Waals surface area contributed by atoms with Crippen LogP contribution in [0.25, 0.3) is 0 Å². The quantitative estimate of drug-likeness (QED) is 0.0320. The number of carbonyl (C=O) groups excluding carboxylic acids is 2. The van der Waals surface area contributed by atoms with Crippen molar-refractivity contribution in [2.75, 3.05) is 13.2 Å². The summed E-state index contributed by atoms with van der Waals surface area (Å²) < 4.78 is 5.51. The number of hydrogen-bond acceptors (Lipinski definition) is 5. The Morgan fingerprint density at radius 2 is 0.566 bits per heavy atom. The van der Waals surface area contributed by atoms with Crippen molar-refractivity contribution < 1.29 is 24.5 Å². The van der Waals surface area contributed by atoms with E-state index < -0.39 is 12.1 Å². The average molecular weight is 1170 g/mol. The minimum atomic E-state index is -0.845. The number of rotatable bonds is 72. The van der Waals surface area contributed by atoms with E-state index in [-0.39, 0.29) is 18.5 Å². The molecule has 0 aliphatic rings. The molecule has 6 heteroatoms. The summed E-state index contributed by atoms with van der Waals surface area (Å²) >= 11 is 0. The summed E-state index contributed by atoms with van der Waals surface area (Å²) in [5, 5.41) is 23.3. The molecule has 1 amide bonds. The molecule has 0 aliphatic carbocycles. The van der Waals surface area contributed by atoms with Crippen LogP contribution in [0.1, 0.15) is 431 Å². The molecule has 83 heavy (non-hydrogen) atoms. The van der Waals surface area contributed by atoms with E-state index in [1.165, 1.54) is 366 Å². The highest BCUT2D eigenvalue weighted by Gasteiger charge is 2.18. The van der Waals surface area contributed by atoms with E-state index in [9.17, 15) is 19.8 Å². The van der Waals surface area contributed by atoms with Gasteiger partial charge in [-0.1, -0.05) is 385 Å². The second kappa shape index (κ2) is 72.8. The number of ether oxygens (including phenoxy) is 1. The second-order valence-electron chi connectivity index (χ2n) is 26.3. The molecule has 0 bridgehead atoms. The largest absolute Gasteiger partial charge is 0.466 e. The SMILES string of the molecule is CCCCCCCCCCCCCCCCCCCCC/C=C/C(O)C(CO)NC(=O)CCCCCCCCCCCCCC/C=C\CCCCCCCCCCCCCCOC(=O)CCCCCCCCCCCCCCCCCCC. The van der Waals surface area contributed by atoms with Gasteiger partial charge < -0.3 is 20.3 Å². The Bertz CT molecular complexity index is 1300. The summed E-state index contributed by atoms with van der Waals surface area (Å²) in [6.07, 6.45) is 92.8. The van der Waals surface area contributed by atoms with E-state index in [0.717, 1.165) is 38.5 Å². The molecule has 2 unspecified atom stereocenters. The summed E-state index contributed by atoms with van der Waals surface area (Å²) in [6, 6.07) is -0.629. The first-order chi connectivity index (χ1) is 41.0. The molecular weight excluding hydrogens is 1020 g/mol. The van der Waals surface area contributed by atoms with Gasteiger partial charge in [-0.2, -0.15) is 0 Å². The van der Waals surface area contributed by atoms with Crippen LogP contribution in [-0.2, 0) is 14.3 Å². The highest BCUT2D eigenvalue weighted by Crippen LogP contribution is 2.19. The highest BCUT2D eigenvalue weighted by atomic mass is 16.5. The van der Waals surface area contributed by atoms with Crippen molar-refractivity contribution in [1.82, 2.24) is 5.32 Å². The predicted molar refractivity (Wildman–Crippen MR) is 366 cm³/mol. The number of amides is 1. The molecule has 6 nitrogen and oxygen atoms in total. The maximum absolute atomic E-state index is 12.5. The smallest absolute Gasteiger partial charge is 0.305 e. The maximum Gasteiger partial charge on any atom is 0.305 e. The average Bonchev–Trinajstić information content (AvgIpc) is 3.49. The van der Waals surface area contributed by atoms with E-state index in [4.69, 9.17) is 4.74 Å². The lowest BCUT2D eigenvalue weighted by atomic mass is 10.0. The van der Waals surface area contributed by atoms with Gasteiger partial charge in [0.15, 0.2) is 0 Å². The lowest BCUT2D eigenvalue weighted by Gasteiger charge is -2.20. The molecule has 492 valence electrons. The molecule has 0 radical (unpaired) electrons. The van der Waals surface area contributed by atoms with Gasteiger partial charge in [0, 0.05) is 12.8 Å². The number of nitrogens with one attached hydrogen (secondary N) is 1. The van der Waals surface area contributed by atoms with Gasteiger partial charge in [-0.3, -0.25) is 9.59 Å². The van der Waals surface area contributed by atoms with Crippen molar-refractivity contribution in [3.05, 3.63) is 24.3 Å². The number of carbonyl (C=O) groups is 2. The van der Waals surface area contributed by atoms with Crippen LogP contribution in [-0.4, -0.2) is 47.4 Å². The van der Waals surface area contributed by atoms with Crippen molar-refractivity contribution in [1.29, 1.82) is 0 Å². The van der Waals surface area contributed by atoms with Gasteiger partial charge in [-0.15, -0.1) is 0 Å². The van der Waals surface area contributed by atoms with Crippen molar-refractivity contribution in [3.8, 4) is 0 Å². The minimum absolute atomic E-state index is 0.0204. The molecule has 3 N–H and O–H groups in total. The summed E-state index contributed by atoms with van der Waals surface area (Å²) in [4.78, 5) is 24.6. The third-order valence-electron chi connectivity index (χ3n) is 18.0. The number of hydrogen-bond donors (Lipinski definition) is 3. The fraction of sp³-hybridized carbons (Fsp3) is 0.922. The normalized spacial score (nSPS) is 12.6. The zero-order valence-electron chi connectivity index (χ0n) is 56.5. The first kappa shape index (κ1) is 81.3. The molecule has 2 atom stereocenters. The molecule has 0 heterocycles. The number of unbranched alkanes of at least 4 members (excludes halogenated alkanes) is 59.